The van der Waals surface area contributed by atoms with Crippen LogP contribution in [0.3, 0.4) is 0 Å². The first-order chi connectivity index (χ1) is 8.60. The van der Waals surface area contributed by atoms with Gasteiger partial charge in [-0.3, -0.25) is 0 Å². The molecule has 0 saturated carbocycles. The van der Waals surface area contributed by atoms with Gasteiger partial charge in [0.2, 0.25) is 0 Å². The Morgan fingerprint density at radius 1 is 0.944 bits per heavy atom. The van der Waals surface area contributed by atoms with Crippen molar-refractivity contribution in [1.29, 1.82) is 5.26 Å². The third kappa shape index (κ3) is 2.52. The average Bonchev–Trinajstić information content (AvgIpc) is 2.34. The van der Waals surface area contributed by atoms with E-state index in [2.05, 4.69) is 37.4 Å². The van der Waals surface area contributed by atoms with Crippen molar-refractivity contribution in [2.24, 2.45) is 0 Å². The van der Waals surface area contributed by atoms with Crippen LogP contribution in [0, 0.1) is 32.1 Å². The van der Waals surface area contributed by atoms with Crippen LogP contribution in [-0.2, 0) is 0 Å². The topological polar surface area (TPSA) is 35.8 Å². The molecule has 0 atom stereocenters. The molecule has 0 unspecified atom stereocenters. The minimum Gasteiger partial charge on any atom is -0.354 e. The van der Waals surface area contributed by atoms with E-state index in [0.29, 0.717) is 5.56 Å². The first-order valence-electron chi connectivity index (χ1n) is 5.95. The molecule has 2 aromatic rings. The molecule has 2 nitrogen and oxygen atoms in total. The molecule has 0 aliphatic rings. The van der Waals surface area contributed by atoms with Crippen LogP contribution < -0.4 is 5.32 Å². The summed E-state index contributed by atoms with van der Waals surface area (Å²) in [5, 5.41) is 12.4. The third-order valence-corrected chi connectivity index (χ3v) is 3.08. The zero-order valence-corrected chi connectivity index (χ0v) is 10.9. The fourth-order valence-electron chi connectivity index (χ4n) is 1.83. The van der Waals surface area contributed by atoms with E-state index in [0.717, 1.165) is 16.9 Å². The predicted molar refractivity (Wildman–Crippen MR) is 75.1 cm³/mol. The number of hydrogen-bond acceptors (Lipinski definition) is 2. The second-order valence-corrected chi connectivity index (χ2v) is 4.58. The van der Waals surface area contributed by atoms with Gasteiger partial charge in [-0.15, -0.1) is 0 Å². The van der Waals surface area contributed by atoms with E-state index in [1.165, 1.54) is 11.1 Å². The summed E-state index contributed by atoms with van der Waals surface area (Å²) in [5.41, 5.74) is 6.19. The molecule has 0 fully saturated rings. The molecule has 0 heterocycles. The summed E-state index contributed by atoms with van der Waals surface area (Å²) in [6, 6.07) is 14.2. The second kappa shape index (κ2) is 4.93. The number of nitriles is 1. The van der Waals surface area contributed by atoms with Crippen molar-refractivity contribution in [3.05, 3.63) is 58.7 Å². The van der Waals surface area contributed by atoms with Gasteiger partial charge in [-0.1, -0.05) is 12.1 Å². The normalized spacial score (nSPS) is 9.89. The Kier molecular flexibility index (Phi) is 3.34. The SMILES string of the molecule is Cc1ccc(C#N)c(Nc2ccc(C)c(C)c2)c1. The highest BCUT2D eigenvalue weighted by atomic mass is 14.9. The lowest BCUT2D eigenvalue weighted by Crippen LogP contribution is -1.95. The van der Waals surface area contributed by atoms with Crippen LogP contribution in [0.25, 0.3) is 0 Å². The van der Waals surface area contributed by atoms with Crippen molar-refractivity contribution >= 4 is 11.4 Å². The summed E-state index contributed by atoms with van der Waals surface area (Å²) < 4.78 is 0. The molecule has 0 aliphatic carbocycles. The number of hydrogen-bond donors (Lipinski definition) is 1. The first kappa shape index (κ1) is 12.2. The molecule has 0 spiro atoms. The standard InChI is InChI=1S/C16H16N2/c1-11-4-6-14(10-17)16(8-11)18-15-7-5-12(2)13(3)9-15/h4-9,18H,1-3H3. The molecular formula is C16H16N2. The lowest BCUT2D eigenvalue weighted by atomic mass is 10.1. The van der Waals surface area contributed by atoms with Crippen LogP contribution in [0.2, 0.25) is 0 Å². The molecule has 2 aromatic carbocycles. The minimum absolute atomic E-state index is 0.666. The Labute approximate surface area is 108 Å². The Balaban J connectivity index is 2.36. The van der Waals surface area contributed by atoms with E-state index in [4.69, 9.17) is 5.26 Å². The molecule has 0 amide bonds. The molecule has 2 heteroatoms. The maximum absolute atomic E-state index is 9.10. The van der Waals surface area contributed by atoms with Crippen molar-refractivity contribution in [1.82, 2.24) is 0 Å². The van der Waals surface area contributed by atoms with Gasteiger partial charge in [-0.25, -0.2) is 0 Å². The Bertz CT molecular complexity index is 621. The average molecular weight is 236 g/mol. The van der Waals surface area contributed by atoms with Crippen LogP contribution in [-0.4, -0.2) is 0 Å². The molecule has 0 aliphatic heterocycles. The summed E-state index contributed by atoms with van der Waals surface area (Å²) >= 11 is 0. The van der Waals surface area contributed by atoms with Gasteiger partial charge in [0.05, 0.1) is 11.3 Å². The van der Waals surface area contributed by atoms with Crippen LogP contribution in [0.15, 0.2) is 36.4 Å². The summed E-state index contributed by atoms with van der Waals surface area (Å²) in [6.07, 6.45) is 0. The van der Waals surface area contributed by atoms with E-state index >= 15 is 0 Å². The number of aryl methyl sites for hydroxylation is 3. The number of rotatable bonds is 2. The van der Waals surface area contributed by atoms with Gasteiger partial charge in [0.25, 0.3) is 0 Å². The Morgan fingerprint density at radius 3 is 2.39 bits per heavy atom. The second-order valence-electron chi connectivity index (χ2n) is 4.58. The van der Waals surface area contributed by atoms with Gasteiger partial charge in [-0.2, -0.15) is 5.26 Å². The van der Waals surface area contributed by atoms with Gasteiger partial charge >= 0.3 is 0 Å². The van der Waals surface area contributed by atoms with Crippen molar-refractivity contribution < 1.29 is 0 Å². The summed E-state index contributed by atoms with van der Waals surface area (Å²) in [4.78, 5) is 0. The molecule has 1 N–H and O–H groups in total. The lowest BCUT2D eigenvalue weighted by Gasteiger charge is -2.10. The highest BCUT2D eigenvalue weighted by molar-refractivity contribution is 5.67. The maximum Gasteiger partial charge on any atom is 0.101 e. The summed E-state index contributed by atoms with van der Waals surface area (Å²) in [5.74, 6) is 0. The van der Waals surface area contributed by atoms with Crippen LogP contribution in [0.5, 0.6) is 0 Å². The maximum atomic E-state index is 9.10. The number of nitrogens with zero attached hydrogens (tertiary/aromatic N) is 1. The molecule has 0 radical (unpaired) electrons. The van der Waals surface area contributed by atoms with Crippen LogP contribution >= 0.6 is 0 Å². The first-order valence-corrected chi connectivity index (χ1v) is 5.95. The van der Waals surface area contributed by atoms with E-state index < -0.39 is 0 Å². The Morgan fingerprint density at radius 2 is 1.72 bits per heavy atom. The zero-order chi connectivity index (χ0) is 13.1. The number of anilines is 2. The molecule has 2 rings (SSSR count). The van der Waals surface area contributed by atoms with Gasteiger partial charge in [0, 0.05) is 5.69 Å². The van der Waals surface area contributed by atoms with Crippen LogP contribution in [0.4, 0.5) is 11.4 Å². The smallest absolute Gasteiger partial charge is 0.101 e. The number of nitrogens with one attached hydrogen (secondary N) is 1. The summed E-state index contributed by atoms with van der Waals surface area (Å²) in [6.45, 7) is 6.20. The van der Waals surface area contributed by atoms with E-state index in [9.17, 15) is 0 Å². The highest BCUT2D eigenvalue weighted by Gasteiger charge is 2.03. The van der Waals surface area contributed by atoms with Gasteiger partial charge in [0.15, 0.2) is 0 Å². The van der Waals surface area contributed by atoms with Crippen LogP contribution in [0.1, 0.15) is 22.3 Å². The summed E-state index contributed by atoms with van der Waals surface area (Å²) in [7, 11) is 0. The highest BCUT2D eigenvalue weighted by Crippen LogP contribution is 2.23. The van der Waals surface area contributed by atoms with E-state index in [-0.39, 0.29) is 0 Å². The minimum atomic E-state index is 0.666. The molecular weight excluding hydrogens is 220 g/mol. The molecule has 0 bridgehead atoms. The fraction of sp³-hybridized carbons (Fsp3) is 0.188. The monoisotopic (exact) mass is 236 g/mol. The van der Waals surface area contributed by atoms with Crippen molar-refractivity contribution in [3.63, 3.8) is 0 Å². The van der Waals surface area contributed by atoms with Crippen molar-refractivity contribution in [3.8, 4) is 6.07 Å². The van der Waals surface area contributed by atoms with E-state index in [1.807, 2.05) is 31.2 Å². The lowest BCUT2D eigenvalue weighted by molar-refractivity contribution is 1.33. The predicted octanol–water partition coefficient (Wildman–Crippen LogP) is 4.23. The van der Waals surface area contributed by atoms with Crippen molar-refractivity contribution in [2.75, 3.05) is 5.32 Å². The molecule has 0 saturated heterocycles. The quantitative estimate of drug-likeness (QED) is 0.847. The Hall–Kier alpha value is -2.27. The zero-order valence-electron chi connectivity index (χ0n) is 10.9. The molecule has 0 aromatic heterocycles. The third-order valence-electron chi connectivity index (χ3n) is 3.08. The fourth-order valence-corrected chi connectivity index (χ4v) is 1.83. The molecule has 18 heavy (non-hydrogen) atoms. The van der Waals surface area contributed by atoms with Gasteiger partial charge in [-0.05, 0) is 61.7 Å². The van der Waals surface area contributed by atoms with Gasteiger partial charge < -0.3 is 5.32 Å². The largest absolute Gasteiger partial charge is 0.354 e. The molecule has 90 valence electrons. The van der Waals surface area contributed by atoms with E-state index in [1.54, 1.807) is 0 Å². The van der Waals surface area contributed by atoms with Gasteiger partial charge in [0.1, 0.15) is 6.07 Å². The number of benzene rings is 2. The van der Waals surface area contributed by atoms with Crippen molar-refractivity contribution in [2.45, 2.75) is 20.8 Å².